The van der Waals surface area contributed by atoms with Crippen molar-refractivity contribution in [1.29, 1.82) is 5.26 Å². The SMILES string of the molecule is C[C@@](C#N)(NC(=O)CN1CCc2ccccc2C1)C1CC1. The number of nitrogens with one attached hydrogen (secondary N) is 1. The smallest absolute Gasteiger partial charge is 0.235 e. The van der Waals surface area contributed by atoms with Gasteiger partial charge in [-0.25, -0.2) is 0 Å². The van der Waals surface area contributed by atoms with Gasteiger partial charge in [0.2, 0.25) is 5.91 Å². The monoisotopic (exact) mass is 283 g/mol. The molecular formula is C17H21N3O. The first kappa shape index (κ1) is 14.1. The van der Waals surface area contributed by atoms with Gasteiger partial charge in [-0.2, -0.15) is 5.26 Å². The predicted molar refractivity (Wildman–Crippen MR) is 80.3 cm³/mol. The highest BCUT2D eigenvalue weighted by atomic mass is 16.2. The van der Waals surface area contributed by atoms with Crippen molar-refractivity contribution in [3.05, 3.63) is 35.4 Å². The lowest BCUT2D eigenvalue weighted by molar-refractivity contribution is -0.123. The van der Waals surface area contributed by atoms with E-state index in [1.807, 2.05) is 13.0 Å². The molecule has 110 valence electrons. The van der Waals surface area contributed by atoms with E-state index in [4.69, 9.17) is 0 Å². The average Bonchev–Trinajstić information content (AvgIpc) is 3.32. The van der Waals surface area contributed by atoms with Crippen LogP contribution in [-0.4, -0.2) is 29.4 Å². The van der Waals surface area contributed by atoms with Crippen LogP contribution in [0.1, 0.15) is 30.9 Å². The van der Waals surface area contributed by atoms with Gasteiger partial charge in [0.1, 0.15) is 5.54 Å². The van der Waals surface area contributed by atoms with Crippen LogP contribution in [-0.2, 0) is 17.8 Å². The topological polar surface area (TPSA) is 56.1 Å². The van der Waals surface area contributed by atoms with Gasteiger partial charge in [0, 0.05) is 13.1 Å². The number of fused-ring (bicyclic) bond motifs is 1. The van der Waals surface area contributed by atoms with E-state index in [0.29, 0.717) is 12.5 Å². The predicted octanol–water partition coefficient (Wildman–Crippen LogP) is 1.85. The molecule has 1 fully saturated rings. The number of benzene rings is 1. The Morgan fingerprint density at radius 3 is 2.81 bits per heavy atom. The molecule has 0 radical (unpaired) electrons. The van der Waals surface area contributed by atoms with Crippen LogP contribution in [0.25, 0.3) is 0 Å². The van der Waals surface area contributed by atoms with Crippen molar-refractivity contribution in [3.8, 4) is 6.07 Å². The molecule has 1 atom stereocenters. The van der Waals surface area contributed by atoms with E-state index in [1.54, 1.807) is 0 Å². The molecule has 21 heavy (non-hydrogen) atoms. The molecule has 1 aromatic rings. The number of rotatable bonds is 4. The maximum atomic E-state index is 12.2. The van der Waals surface area contributed by atoms with Gasteiger partial charge in [-0.15, -0.1) is 0 Å². The van der Waals surface area contributed by atoms with E-state index in [1.165, 1.54) is 11.1 Å². The van der Waals surface area contributed by atoms with Gasteiger partial charge in [0.25, 0.3) is 0 Å². The minimum atomic E-state index is -0.690. The number of hydrogen-bond donors (Lipinski definition) is 1. The average molecular weight is 283 g/mol. The molecule has 0 saturated heterocycles. The maximum Gasteiger partial charge on any atom is 0.235 e. The highest BCUT2D eigenvalue weighted by Gasteiger charge is 2.43. The quantitative estimate of drug-likeness (QED) is 0.917. The van der Waals surface area contributed by atoms with Gasteiger partial charge in [0.15, 0.2) is 0 Å². The van der Waals surface area contributed by atoms with Crippen molar-refractivity contribution in [2.45, 2.75) is 38.3 Å². The lowest BCUT2D eigenvalue weighted by atomic mass is 9.97. The number of nitrogens with zero attached hydrogens (tertiary/aromatic N) is 2. The van der Waals surface area contributed by atoms with Crippen molar-refractivity contribution in [1.82, 2.24) is 10.2 Å². The fraction of sp³-hybridized carbons (Fsp3) is 0.529. The van der Waals surface area contributed by atoms with Gasteiger partial charge in [-0.1, -0.05) is 24.3 Å². The van der Waals surface area contributed by atoms with Crippen molar-refractivity contribution in [2.75, 3.05) is 13.1 Å². The van der Waals surface area contributed by atoms with E-state index in [0.717, 1.165) is 32.4 Å². The van der Waals surface area contributed by atoms with Crippen molar-refractivity contribution in [3.63, 3.8) is 0 Å². The van der Waals surface area contributed by atoms with Crippen LogP contribution in [0, 0.1) is 17.2 Å². The Bertz CT molecular complexity index is 588. The van der Waals surface area contributed by atoms with Crippen LogP contribution in [0.4, 0.5) is 0 Å². The third kappa shape index (κ3) is 3.08. The van der Waals surface area contributed by atoms with Crippen LogP contribution >= 0.6 is 0 Å². The summed E-state index contributed by atoms with van der Waals surface area (Å²) in [7, 11) is 0. The van der Waals surface area contributed by atoms with Crippen LogP contribution < -0.4 is 5.32 Å². The zero-order valence-electron chi connectivity index (χ0n) is 12.4. The molecule has 4 heteroatoms. The van der Waals surface area contributed by atoms with Gasteiger partial charge in [0.05, 0.1) is 12.6 Å². The Kier molecular flexibility index (Phi) is 3.69. The number of hydrogen-bond acceptors (Lipinski definition) is 3. The van der Waals surface area contributed by atoms with Crippen LogP contribution in [0.5, 0.6) is 0 Å². The minimum absolute atomic E-state index is 0.0367. The molecule has 0 aromatic heterocycles. The van der Waals surface area contributed by atoms with E-state index in [9.17, 15) is 10.1 Å². The molecule has 1 saturated carbocycles. The Balaban J connectivity index is 1.58. The van der Waals surface area contributed by atoms with E-state index >= 15 is 0 Å². The highest BCUT2D eigenvalue weighted by Crippen LogP contribution is 2.39. The normalized spacial score (nSPS) is 21.0. The van der Waals surface area contributed by atoms with Crippen LogP contribution in [0.3, 0.4) is 0 Å². The first-order valence-corrected chi connectivity index (χ1v) is 7.62. The summed E-state index contributed by atoms with van der Waals surface area (Å²) in [6.45, 7) is 3.93. The number of amides is 1. The molecule has 0 unspecified atom stereocenters. The first-order chi connectivity index (χ1) is 10.1. The number of carbonyl (C=O) groups excluding carboxylic acids is 1. The largest absolute Gasteiger partial charge is 0.337 e. The summed E-state index contributed by atoms with van der Waals surface area (Å²) in [4.78, 5) is 14.4. The summed E-state index contributed by atoms with van der Waals surface area (Å²) >= 11 is 0. The second kappa shape index (κ2) is 5.50. The van der Waals surface area contributed by atoms with E-state index in [-0.39, 0.29) is 5.91 Å². The Hall–Kier alpha value is -1.86. The summed E-state index contributed by atoms with van der Waals surface area (Å²) in [5, 5.41) is 12.2. The molecule has 1 heterocycles. The zero-order valence-corrected chi connectivity index (χ0v) is 12.4. The molecule has 2 aliphatic rings. The number of nitriles is 1. The molecule has 1 N–H and O–H groups in total. The lowest BCUT2D eigenvalue weighted by Crippen LogP contribution is -2.50. The summed E-state index contributed by atoms with van der Waals surface area (Å²) in [6.07, 6.45) is 3.07. The summed E-state index contributed by atoms with van der Waals surface area (Å²) in [6, 6.07) is 10.7. The third-order valence-corrected chi connectivity index (χ3v) is 4.60. The Morgan fingerprint density at radius 1 is 1.43 bits per heavy atom. The van der Waals surface area contributed by atoms with Crippen LogP contribution in [0.2, 0.25) is 0 Å². The highest BCUT2D eigenvalue weighted by molar-refractivity contribution is 5.79. The minimum Gasteiger partial charge on any atom is -0.337 e. The van der Waals surface area contributed by atoms with Gasteiger partial charge in [-0.05, 0) is 43.2 Å². The van der Waals surface area contributed by atoms with E-state index < -0.39 is 5.54 Å². The fourth-order valence-electron chi connectivity index (χ4n) is 3.10. The van der Waals surface area contributed by atoms with Crippen molar-refractivity contribution in [2.24, 2.45) is 5.92 Å². The summed E-state index contributed by atoms with van der Waals surface area (Å²) in [5.74, 6) is 0.291. The van der Waals surface area contributed by atoms with Gasteiger partial charge >= 0.3 is 0 Å². The van der Waals surface area contributed by atoms with Crippen LogP contribution in [0.15, 0.2) is 24.3 Å². The lowest BCUT2D eigenvalue weighted by Gasteiger charge is -2.30. The molecule has 4 nitrogen and oxygen atoms in total. The first-order valence-electron chi connectivity index (χ1n) is 7.62. The molecule has 1 amide bonds. The molecular weight excluding hydrogens is 262 g/mol. The van der Waals surface area contributed by atoms with Gasteiger partial charge < -0.3 is 5.32 Å². The third-order valence-electron chi connectivity index (χ3n) is 4.60. The fourth-order valence-corrected chi connectivity index (χ4v) is 3.10. The Morgan fingerprint density at radius 2 is 2.14 bits per heavy atom. The maximum absolute atomic E-state index is 12.2. The molecule has 0 bridgehead atoms. The summed E-state index contributed by atoms with van der Waals surface area (Å²) < 4.78 is 0. The van der Waals surface area contributed by atoms with Crippen molar-refractivity contribution >= 4 is 5.91 Å². The molecule has 0 spiro atoms. The Labute approximate surface area is 125 Å². The number of carbonyl (C=O) groups is 1. The second-order valence-electron chi connectivity index (χ2n) is 6.37. The standard InChI is InChI=1S/C17H21N3O/c1-17(12-18,15-6-7-15)19-16(21)11-20-9-8-13-4-2-3-5-14(13)10-20/h2-5,15H,6-11H2,1H3,(H,19,21)/t17-/m0/s1. The molecule has 1 aliphatic carbocycles. The van der Waals surface area contributed by atoms with E-state index in [2.05, 4.69) is 34.5 Å². The molecule has 3 rings (SSSR count). The molecule has 1 aliphatic heterocycles. The zero-order chi connectivity index (χ0) is 14.9. The second-order valence-corrected chi connectivity index (χ2v) is 6.37. The summed E-state index contributed by atoms with van der Waals surface area (Å²) in [5.41, 5.74) is 2.00. The van der Waals surface area contributed by atoms with Crippen molar-refractivity contribution < 1.29 is 4.79 Å². The molecule has 1 aromatic carbocycles. The van der Waals surface area contributed by atoms with Gasteiger partial charge in [-0.3, -0.25) is 9.69 Å².